The highest BCUT2D eigenvalue weighted by Gasteiger charge is 2.43. The number of methoxy groups -OCH3 is 1. The Kier molecular flexibility index (Phi) is 6.42. The van der Waals surface area contributed by atoms with E-state index in [1.165, 1.54) is 7.11 Å². The van der Waals surface area contributed by atoms with E-state index in [0.29, 0.717) is 12.7 Å². The molecule has 0 aliphatic rings. The van der Waals surface area contributed by atoms with Crippen molar-refractivity contribution >= 4 is 18.2 Å². The fraction of sp³-hybridized carbons (Fsp3) is 0.727. The average Bonchev–Trinajstić information content (AvgIpc) is 2.35. The molecule has 0 unspecified atom stereocenters. The molecule has 17 heavy (non-hydrogen) atoms. The predicted octanol–water partition coefficient (Wildman–Crippen LogP) is 0.0352. The average molecular weight is 245 g/mol. The third-order valence-corrected chi connectivity index (χ3v) is 2.81. The molecule has 0 aromatic heterocycles. The Morgan fingerprint density at radius 2 is 2.06 bits per heavy atom. The maximum atomic E-state index is 11.6. The first-order valence-corrected chi connectivity index (χ1v) is 5.38. The van der Waals surface area contributed by atoms with Crippen molar-refractivity contribution in [1.82, 2.24) is 0 Å². The summed E-state index contributed by atoms with van der Waals surface area (Å²) in [5.41, 5.74) is 4.58. The number of nitrogens with two attached hydrogens (primary N) is 1. The highest BCUT2D eigenvalue weighted by molar-refractivity contribution is 5.87. The van der Waals surface area contributed by atoms with Crippen molar-refractivity contribution in [2.24, 2.45) is 11.1 Å². The molecule has 0 aromatic carbocycles. The van der Waals surface area contributed by atoms with Gasteiger partial charge in [-0.3, -0.25) is 9.59 Å². The molecule has 0 bridgehead atoms. The Morgan fingerprint density at radius 3 is 2.47 bits per heavy atom. The van der Waals surface area contributed by atoms with Crippen LogP contribution in [0.25, 0.3) is 0 Å². The first-order valence-electron chi connectivity index (χ1n) is 5.38. The highest BCUT2D eigenvalue weighted by atomic mass is 16.5. The van der Waals surface area contributed by atoms with Gasteiger partial charge in [0.1, 0.15) is 12.3 Å². The third-order valence-electron chi connectivity index (χ3n) is 2.81. The smallest absolute Gasteiger partial charge is 0.324 e. The van der Waals surface area contributed by atoms with Gasteiger partial charge < -0.3 is 20.0 Å². The van der Waals surface area contributed by atoms with Crippen LogP contribution in [0.2, 0.25) is 0 Å². The molecule has 0 saturated carbocycles. The van der Waals surface area contributed by atoms with Gasteiger partial charge in [0.2, 0.25) is 0 Å². The zero-order valence-electron chi connectivity index (χ0n) is 10.4. The lowest BCUT2D eigenvalue weighted by Gasteiger charge is -2.29. The minimum atomic E-state index is -1.12. The zero-order chi connectivity index (χ0) is 13.5. The van der Waals surface area contributed by atoms with Crippen LogP contribution in [0.1, 0.15) is 26.7 Å². The van der Waals surface area contributed by atoms with E-state index in [1.54, 1.807) is 13.8 Å². The van der Waals surface area contributed by atoms with Gasteiger partial charge >= 0.3 is 11.9 Å². The van der Waals surface area contributed by atoms with Crippen LogP contribution >= 0.6 is 0 Å². The van der Waals surface area contributed by atoms with E-state index in [4.69, 9.17) is 10.5 Å². The van der Waals surface area contributed by atoms with Gasteiger partial charge in [-0.2, -0.15) is 0 Å². The van der Waals surface area contributed by atoms with Gasteiger partial charge in [-0.25, -0.2) is 0 Å². The first kappa shape index (κ1) is 15.6. The van der Waals surface area contributed by atoms with Gasteiger partial charge in [0.25, 0.3) is 0 Å². The second kappa shape index (κ2) is 7.01. The summed E-state index contributed by atoms with van der Waals surface area (Å²) in [7, 11) is 1.24. The van der Waals surface area contributed by atoms with E-state index >= 15 is 0 Å². The molecule has 0 saturated heterocycles. The van der Waals surface area contributed by atoms with Crippen molar-refractivity contribution in [1.29, 1.82) is 0 Å². The molecule has 0 aliphatic carbocycles. The fourth-order valence-corrected chi connectivity index (χ4v) is 1.28. The minimum absolute atomic E-state index is 0.0308. The SMILES string of the molecule is CC[C@@](C)(C(=O)OC)[C@H](N)C(=O)OCCC=O. The summed E-state index contributed by atoms with van der Waals surface area (Å²) in [5, 5.41) is 0. The third kappa shape index (κ3) is 3.81. The molecule has 98 valence electrons. The maximum Gasteiger partial charge on any atom is 0.324 e. The van der Waals surface area contributed by atoms with E-state index in [1.807, 2.05) is 0 Å². The number of carbonyl (C=O) groups is 3. The van der Waals surface area contributed by atoms with E-state index in [0.717, 1.165) is 0 Å². The molecule has 0 fully saturated rings. The topological polar surface area (TPSA) is 95.7 Å². The molecular formula is C11H19NO5. The molecule has 6 nitrogen and oxygen atoms in total. The summed E-state index contributed by atoms with van der Waals surface area (Å²) in [6.45, 7) is 3.25. The van der Waals surface area contributed by atoms with Gasteiger partial charge in [-0.1, -0.05) is 6.92 Å². The second-order valence-corrected chi connectivity index (χ2v) is 3.86. The Bertz CT molecular complexity index is 292. The molecule has 0 aliphatic heterocycles. The number of aldehydes is 1. The lowest BCUT2D eigenvalue weighted by molar-refractivity contribution is -0.162. The van der Waals surface area contributed by atoms with Crippen molar-refractivity contribution in [2.45, 2.75) is 32.7 Å². The zero-order valence-corrected chi connectivity index (χ0v) is 10.4. The highest BCUT2D eigenvalue weighted by Crippen LogP contribution is 2.27. The maximum absolute atomic E-state index is 11.6. The van der Waals surface area contributed by atoms with Crippen LogP contribution in [-0.2, 0) is 23.9 Å². The van der Waals surface area contributed by atoms with Crippen molar-refractivity contribution in [3.63, 3.8) is 0 Å². The second-order valence-electron chi connectivity index (χ2n) is 3.86. The predicted molar refractivity (Wildman–Crippen MR) is 60.0 cm³/mol. The van der Waals surface area contributed by atoms with Crippen LogP contribution in [-0.4, -0.2) is 38.0 Å². The molecule has 2 N–H and O–H groups in total. The number of hydrogen-bond acceptors (Lipinski definition) is 6. The molecule has 0 spiro atoms. The van der Waals surface area contributed by atoms with Crippen molar-refractivity contribution < 1.29 is 23.9 Å². The molecule has 0 rings (SSSR count). The van der Waals surface area contributed by atoms with Crippen LogP contribution in [0, 0.1) is 5.41 Å². The number of hydrogen-bond donors (Lipinski definition) is 1. The number of rotatable bonds is 7. The minimum Gasteiger partial charge on any atom is -0.469 e. The van der Waals surface area contributed by atoms with E-state index in [-0.39, 0.29) is 13.0 Å². The standard InChI is InChI=1S/C11H19NO5/c1-4-11(2,10(15)16-3)8(12)9(14)17-7-5-6-13/h6,8H,4-5,7,12H2,1-3H3/t8-,11-/m1/s1. The Hall–Kier alpha value is -1.43. The summed E-state index contributed by atoms with van der Waals surface area (Å²) < 4.78 is 9.40. The summed E-state index contributed by atoms with van der Waals surface area (Å²) in [5.74, 6) is -1.26. The summed E-state index contributed by atoms with van der Waals surface area (Å²) in [4.78, 5) is 33.2. The Balaban J connectivity index is 4.62. The van der Waals surface area contributed by atoms with E-state index < -0.39 is 23.4 Å². The number of ether oxygens (including phenoxy) is 2. The summed E-state index contributed by atoms with van der Waals surface area (Å²) >= 11 is 0. The molecule has 0 heterocycles. The monoisotopic (exact) mass is 245 g/mol. The molecule has 0 radical (unpaired) electrons. The van der Waals surface area contributed by atoms with Crippen molar-refractivity contribution in [3.8, 4) is 0 Å². The molecule has 2 atom stereocenters. The van der Waals surface area contributed by atoms with Gasteiger partial charge in [0.05, 0.1) is 19.1 Å². The van der Waals surface area contributed by atoms with Crippen LogP contribution in [0.4, 0.5) is 0 Å². The normalized spacial score (nSPS) is 15.5. The van der Waals surface area contributed by atoms with Crippen LogP contribution < -0.4 is 5.73 Å². The Labute approximate surface area is 100 Å². The van der Waals surface area contributed by atoms with Crippen LogP contribution in [0.15, 0.2) is 0 Å². The number of carbonyl (C=O) groups excluding carboxylic acids is 3. The summed E-state index contributed by atoms with van der Waals surface area (Å²) in [6.07, 6.45) is 1.10. The lowest BCUT2D eigenvalue weighted by atomic mass is 9.80. The van der Waals surface area contributed by atoms with Gasteiger partial charge in [0.15, 0.2) is 0 Å². The largest absolute Gasteiger partial charge is 0.469 e. The van der Waals surface area contributed by atoms with E-state index in [9.17, 15) is 14.4 Å². The molecule has 0 amide bonds. The van der Waals surface area contributed by atoms with Gasteiger partial charge in [-0.05, 0) is 13.3 Å². The fourth-order valence-electron chi connectivity index (χ4n) is 1.28. The van der Waals surface area contributed by atoms with E-state index in [2.05, 4.69) is 4.74 Å². The number of esters is 2. The summed E-state index contributed by atoms with van der Waals surface area (Å²) in [6, 6.07) is -1.10. The first-order chi connectivity index (χ1) is 7.93. The van der Waals surface area contributed by atoms with Gasteiger partial charge in [0, 0.05) is 6.42 Å². The molecular weight excluding hydrogens is 226 g/mol. The van der Waals surface area contributed by atoms with Crippen molar-refractivity contribution in [3.05, 3.63) is 0 Å². The van der Waals surface area contributed by atoms with Gasteiger partial charge in [-0.15, -0.1) is 0 Å². The van der Waals surface area contributed by atoms with Crippen LogP contribution in [0.3, 0.4) is 0 Å². The van der Waals surface area contributed by atoms with Crippen LogP contribution in [0.5, 0.6) is 0 Å². The molecule has 0 aromatic rings. The molecule has 6 heteroatoms. The van der Waals surface area contributed by atoms with Crippen molar-refractivity contribution in [2.75, 3.05) is 13.7 Å². The lowest BCUT2D eigenvalue weighted by Crippen LogP contribution is -2.51. The Morgan fingerprint density at radius 1 is 1.47 bits per heavy atom. The quantitative estimate of drug-likeness (QED) is 0.386.